The monoisotopic (exact) mass is 313 g/mol. The summed E-state index contributed by atoms with van der Waals surface area (Å²) in [6.07, 6.45) is 4.12. The summed E-state index contributed by atoms with van der Waals surface area (Å²) in [5, 5.41) is 2.86. The van der Waals surface area contributed by atoms with Gasteiger partial charge in [-0.3, -0.25) is 9.59 Å². The zero-order valence-corrected chi connectivity index (χ0v) is 12.6. The number of aromatic nitrogens is 1. The molecule has 1 fully saturated rings. The zero-order valence-electron chi connectivity index (χ0n) is 11.8. The number of nitrogens with zero attached hydrogens (tertiary/aromatic N) is 1. The molecule has 116 valence electrons. The van der Waals surface area contributed by atoms with E-state index in [1.54, 1.807) is 6.92 Å². The third-order valence-electron chi connectivity index (χ3n) is 3.55. The molecule has 0 saturated carbocycles. The number of sulfonamides is 1. The molecule has 8 heteroatoms. The molecular formula is C13H19N3O4S. The number of aromatic amines is 1. The molecule has 0 aliphatic carbocycles. The lowest BCUT2D eigenvalue weighted by Gasteiger charge is -2.31. The molecule has 0 spiro atoms. The van der Waals surface area contributed by atoms with E-state index in [0.29, 0.717) is 32.4 Å². The number of rotatable bonds is 4. The first-order valence-electron chi connectivity index (χ1n) is 6.91. The largest absolute Gasteiger partial charge is 0.366 e. The highest BCUT2D eigenvalue weighted by Crippen LogP contribution is 2.18. The van der Waals surface area contributed by atoms with Gasteiger partial charge < -0.3 is 10.3 Å². The highest BCUT2D eigenvalue weighted by molar-refractivity contribution is 7.89. The number of carbonyl (C=O) groups is 1. The van der Waals surface area contributed by atoms with Crippen LogP contribution in [0.5, 0.6) is 0 Å². The van der Waals surface area contributed by atoms with E-state index in [2.05, 4.69) is 10.3 Å². The van der Waals surface area contributed by atoms with Crippen LogP contribution in [0.25, 0.3) is 0 Å². The second-order valence-corrected chi connectivity index (χ2v) is 6.88. The van der Waals surface area contributed by atoms with E-state index in [1.807, 2.05) is 0 Å². The van der Waals surface area contributed by atoms with E-state index in [-0.39, 0.29) is 16.8 Å². The van der Waals surface area contributed by atoms with Crippen molar-refractivity contribution in [2.75, 3.05) is 13.1 Å². The Bertz CT molecular complexity index is 660. The van der Waals surface area contributed by atoms with Crippen LogP contribution in [0.3, 0.4) is 0 Å². The van der Waals surface area contributed by atoms with Crippen molar-refractivity contribution in [3.8, 4) is 0 Å². The second kappa shape index (κ2) is 6.40. The van der Waals surface area contributed by atoms with Gasteiger partial charge in [0, 0.05) is 44.0 Å². The summed E-state index contributed by atoms with van der Waals surface area (Å²) < 4.78 is 26.1. The third kappa shape index (κ3) is 3.51. The molecule has 0 atom stereocenters. The highest BCUT2D eigenvalue weighted by Gasteiger charge is 2.31. The predicted molar refractivity (Wildman–Crippen MR) is 77.3 cm³/mol. The molecule has 1 aliphatic rings. The molecule has 1 aliphatic heterocycles. The summed E-state index contributed by atoms with van der Waals surface area (Å²) in [6.45, 7) is 2.37. The fourth-order valence-corrected chi connectivity index (χ4v) is 3.82. The lowest BCUT2D eigenvalue weighted by molar-refractivity contribution is -0.121. The zero-order chi connectivity index (χ0) is 15.5. The lowest BCUT2D eigenvalue weighted by atomic mass is 10.1. The molecular weight excluding hydrogens is 294 g/mol. The maximum absolute atomic E-state index is 12.4. The topological polar surface area (TPSA) is 99.3 Å². The van der Waals surface area contributed by atoms with Crippen LogP contribution < -0.4 is 10.7 Å². The van der Waals surface area contributed by atoms with Crippen molar-refractivity contribution < 1.29 is 13.2 Å². The van der Waals surface area contributed by atoms with Gasteiger partial charge in [0.1, 0.15) is 4.90 Å². The first-order chi connectivity index (χ1) is 9.95. The smallest absolute Gasteiger partial charge is 0.248 e. The number of hydrogen-bond acceptors (Lipinski definition) is 4. The first kappa shape index (κ1) is 15.7. The number of carbonyl (C=O) groups excluding carboxylic acids is 1. The molecule has 7 nitrogen and oxygen atoms in total. The number of pyridine rings is 1. The van der Waals surface area contributed by atoms with Gasteiger partial charge in [-0.05, 0) is 12.8 Å². The minimum atomic E-state index is -3.77. The Morgan fingerprint density at radius 3 is 2.67 bits per heavy atom. The summed E-state index contributed by atoms with van der Waals surface area (Å²) >= 11 is 0. The molecule has 2 N–H and O–H groups in total. The van der Waals surface area contributed by atoms with Gasteiger partial charge in [0.05, 0.1) is 0 Å². The summed E-state index contributed by atoms with van der Waals surface area (Å²) in [7, 11) is -3.77. The van der Waals surface area contributed by atoms with E-state index in [0.717, 1.165) is 0 Å². The van der Waals surface area contributed by atoms with Crippen molar-refractivity contribution in [3.05, 3.63) is 28.7 Å². The number of hydrogen-bond donors (Lipinski definition) is 2. The van der Waals surface area contributed by atoms with Gasteiger partial charge in [0.25, 0.3) is 0 Å². The number of H-pyrrole nitrogens is 1. The molecule has 21 heavy (non-hydrogen) atoms. The Morgan fingerprint density at radius 1 is 1.43 bits per heavy atom. The Balaban J connectivity index is 2.07. The molecule has 2 heterocycles. The van der Waals surface area contributed by atoms with Crippen LogP contribution in [-0.4, -0.2) is 42.7 Å². The minimum absolute atomic E-state index is 0.00189. The van der Waals surface area contributed by atoms with E-state index in [9.17, 15) is 18.0 Å². The van der Waals surface area contributed by atoms with Gasteiger partial charge in [0.2, 0.25) is 21.4 Å². The maximum atomic E-state index is 12.4. The lowest BCUT2D eigenvalue weighted by Crippen LogP contribution is -2.47. The fraction of sp³-hybridized carbons (Fsp3) is 0.538. The number of nitrogens with one attached hydrogen (secondary N) is 2. The van der Waals surface area contributed by atoms with Gasteiger partial charge in [-0.25, -0.2) is 8.42 Å². The fourth-order valence-electron chi connectivity index (χ4n) is 2.31. The maximum Gasteiger partial charge on any atom is 0.248 e. The quantitative estimate of drug-likeness (QED) is 0.820. The Morgan fingerprint density at radius 2 is 2.10 bits per heavy atom. The highest BCUT2D eigenvalue weighted by atomic mass is 32.2. The van der Waals surface area contributed by atoms with Gasteiger partial charge >= 0.3 is 0 Å². The Kier molecular flexibility index (Phi) is 4.79. The molecule has 1 aromatic rings. The van der Waals surface area contributed by atoms with Crippen molar-refractivity contribution >= 4 is 15.9 Å². The SMILES string of the molecule is CCC(=O)NC1CCN(S(=O)(=O)c2c[nH]ccc2=O)CC1. The van der Waals surface area contributed by atoms with E-state index >= 15 is 0 Å². The summed E-state index contributed by atoms with van der Waals surface area (Å²) in [5.41, 5.74) is -0.518. The van der Waals surface area contributed by atoms with Crippen LogP contribution >= 0.6 is 0 Å². The van der Waals surface area contributed by atoms with Crippen molar-refractivity contribution in [1.82, 2.24) is 14.6 Å². The molecule has 0 unspecified atom stereocenters. The van der Waals surface area contributed by atoms with Gasteiger partial charge in [-0.1, -0.05) is 6.92 Å². The minimum Gasteiger partial charge on any atom is -0.366 e. The second-order valence-electron chi connectivity index (χ2n) is 4.97. The third-order valence-corrected chi connectivity index (χ3v) is 5.47. The molecule has 0 radical (unpaired) electrons. The van der Waals surface area contributed by atoms with Crippen molar-refractivity contribution in [3.63, 3.8) is 0 Å². The van der Waals surface area contributed by atoms with Crippen LogP contribution in [0.2, 0.25) is 0 Å². The van der Waals surface area contributed by atoms with Crippen molar-refractivity contribution in [2.24, 2.45) is 0 Å². The number of piperidine rings is 1. The molecule has 1 aromatic heterocycles. The van der Waals surface area contributed by atoms with Crippen LogP contribution in [0, 0.1) is 0 Å². The summed E-state index contributed by atoms with van der Waals surface area (Å²) in [6, 6.07) is 1.19. The normalized spacial score (nSPS) is 17.6. The summed E-state index contributed by atoms with van der Waals surface area (Å²) in [4.78, 5) is 25.4. The molecule has 1 saturated heterocycles. The molecule has 2 rings (SSSR count). The van der Waals surface area contributed by atoms with E-state index in [1.165, 1.54) is 22.8 Å². The summed E-state index contributed by atoms with van der Waals surface area (Å²) in [5.74, 6) is -0.0317. The standard InChI is InChI=1S/C13H19N3O4S/c1-2-13(18)15-10-4-7-16(8-5-10)21(19,20)12-9-14-6-3-11(12)17/h3,6,9-10H,2,4-5,7-8H2,1H3,(H,14,17)(H,15,18). The van der Waals surface area contributed by atoms with Crippen LogP contribution in [0.4, 0.5) is 0 Å². The van der Waals surface area contributed by atoms with Gasteiger partial charge in [0.15, 0.2) is 0 Å². The molecule has 1 amide bonds. The average molecular weight is 313 g/mol. The van der Waals surface area contributed by atoms with Crippen LogP contribution in [-0.2, 0) is 14.8 Å². The van der Waals surface area contributed by atoms with Gasteiger partial charge in [-0.15, -0.1) is 0 Å². The van der Waals surface area contributed by atoms with Gasteiger partial charge in [-0.2, -0.15) is 4.31 Å². The van der Waals surface area contributed by atoms with Crippen molar-refractivity contribution in [2.45, 2.75) is 37.1 Å². The number of amides is 1. The molecule has 0 aromatic carbocycles. The Hall–Kier alpha value is -1.67. The Labute approximate surface area is 123 Å². The van der Waals surface area contributed by atoms with E-state index in [4.69, 9.17) is 0 Å². The van der Waals surface area contributed by atoms with Crippen LogP contribution in [0.15, 0.2) is 28.2 Å². The predicted octanol–water partition coefficient (Wildman–Crippen LogP) is 0.0542. The van der Waals surface area contributed by atoms with E-state index < -0.39 is 15.5 Å². The molecule has 0 bridgehead atoms. The average Bonchev–Trinajstić information content (AvgIpc) is 2.48. The first-order valence-corrected chi connectivity index (χ1v) is 8.35. The van der Waals surface area contributed by atoms with Crippen molar-refractivity contribution in [1.29, 1.82) is 0 Å². The van der Waals surface area contributed by atoms with Crippen LogP contribution in [0.1, 0.15) is 26.2 Å².